The molecule has 0 saturated carbocycles. The zero-order valence-electron chi connectivity index (χ0n) is 20.9. The average molecular weight is 512 g/mol. The summed E-state index contributed by atoms with van der Waals surface area (Å²) in [6.07, 6.45) is 4.86. The van der Waals surface area contributed by atoms with Gasteiger partial charge in [0.05, 0.1) is 28.9 Å². The fourth-order valence-corrected chi connectivity index (χ4v) is 4.97. The molecule has 2 heterocycles. The molecule has 8 nitrogen and oxygen atoms in total. The number of aromatic nitrogens is 1. The zero-order valence-corrected chi connectivity index (χ0v) is 21.6. The summed E-state index contributed by atoms with van der Waals surface area (Å²) in [5.41, 5.74) is 8.34. The first-order valence-corrected chi connectivity index (χ1v) is 12.7. The molecule has 4 N–H and O–H groups in total. The van der Waals surface area contributed by atoms with E-state index in [1.807, 2.05) is 42.1 Å². The molecule has 0 radical (unpaired) electrons. The summed E-state index contributed by atoms with van der Waals surface area (Å²) in [4.78, 5) is 27.7. The van der Waals surface area contributed by atoms with Crippen molar-refractivity contribution in [1.82, 2.24) is 20.1 Å². The van der Waals surface area contributed by atoms with Crippen LogP contribution in [0.4, 0.5) is 5.69 Å². The maximum absolute atomic E-state index is 12.7. The SMILES string of the molecule is COc1cc(N)c(Cl)cc1C(=O)NC[C@H]1CCN(CCCCNC(=O)c2cn(C)c3ccccc23)C1. The molecule has 0 aliphatic carbocycles. The number of nitrogens with zero attached hydrogens (tertiary/aromatic N) is 2. The number of halogens is 1. The van der Waals surface area contributed by atoms with Gasteiger partial charge in [-0.15, -0.1) is 0 Å². The highest BCUT2D eigenvalue weighted by atomic mass is 35.5. The van der Waals surface area contributed by atoms with E-state index in [-0.39, 0.29) is 11.8 Å². The van der Waals surface area contributed by atoms with E-state index in [1.165, 1.54) is 7.11 Å². The molecule has 1 fully saturated rings. The minimum atomic E-state index is -0.214. The monoisotopic (exact) mass is 511 g/mol. The van der Waals surface area contributed by atoms with Crippen LogP contribution in [0.3, 0.4) is 0 Å². The molecule has 192 valence electrons. The number of nitrogen functional groups attached to an aromatic ring is 1. The van der Waals surface area contributed by atoms with Crippen molar-refractivity contribution in [1.29, 1.82) is 0 Å². The quantitative estimate of drug-likeness (QED) is 0.285. The van der Waals surface area contributed by atoms with E-state index in [0.29, 0.717) is 41.0 Å². The lowest BCUT2D eigenvalue weighted by atomic mass is 10.1. The highest BCUT2D eigenvalue weighted by Gasteiger charge is 2.23. The lowest BCUT2D eigenvalue weighted by Crippen LogP contribution is -2.31. The molecule has 9 heteroatoms. The number of benzene rings is 2. The van der Waals surface area contributed by atoms with Crippen LogP contribution in [-0.2, 0) is 7.05 Å². The number of aryl methyl sites for hydroxylation is 1. The summed E-state index contributed by atoms with van der Waals surface area (Å²) in [7, 11) is 3.46. The van der Waals surface area contributed by atoms with E-state index in [2.05, 4.69) is 15.5 Å². The number of methoxy groups -OCH3 is 1. The summed E-state index contributed by atoms with van der Waals surface area (Å²) < 4.78 is 7.26. The summed E-state index contributed by atoms with van der Waals surface area (Å²) in [6.45, 7) is 4.20. The van der Waals surface area contributed by atoms with Gasteiger partial charge in [0, 0.05) is 49.8 Å². The Hall–Kier alpha value is -3.23. The lowest BCUT2D eigenvalue weighted by Gasteiger charge is -2.17. The van der Waals surface area contributed by atoms with Gasteiger partial charge in [-0.1, -0.05) is 29.8 Å². The number of nitrogens with two attached hydrogens (primary N) is 1. The van der Waals surface area contributed by atoms with E-state index >= 15 is 0 Å². The first kappa shape index (κ1) is 25.9. The first-order chi connectivity index (χ1) is 17.4. The normalized spacial score (nSPS) is 15.8. The summed E-state index contributed by atoms with van der Waals surface area (Å²) in [6, 6.07) is 11.1. The standard InChI is InChI=1S/C27H34ClN5O3/c1-32-17-21(19-7-3-4-8-24(19)32)27(35)30-10-5-6-11-33-12-9-18(16-33)15-31-26(34)20-13-22(28)23(29)14-25(20)36-2/h3-4,7-8,13-14,17-18H,5-6,9-12,15-16,29H2,1-2H3,(H,30,35)(H,31,34)/t18-/m1/s1. The predicted molar refractivity (Wildman–Crippen MR) is 144 cm³/mol. The number of anilines is 1. The van der Waals surface area contributed by atoms with Gasteiger partial charge in [-0.05, 0) is 50.4 Å². The second-order valence-electron chi connectivity index (χ2n) is 9.37. The first-order valence-electron chi connectivity index (χ1n) is 12.3. The topological polar surface area (TPSA) is 102 Å². The van der Waals surface area contributed by atoms with Crippen molar-refractivity contribution in [3.8, 4) is 5.75 Å². The molecular weight excluding hydrogens is 478 g/mol. The van der Waals surface area contributed by atoms with Gasteiger partial charge in [-0.3, -0.25) is 9.59 Å². The molecule has 2 amide bonds. The molecule has 1 aliphatic rings. The van der Waals surface area contributed by atoms with Gasteiger partial charge in [0.1, 0.15) is 5.75 Å². The van der Waals surface area contributed by atoms with Crippen LogP contribution in [-0.4, -0.2) is 61.1 Å². The molecule has 0 unspecified atom stereocenters. The number of para-hydroxylation sites is 1. The summed E-state index contributed by atoms with van der Waals surface area (Å²) >= 11 is 6.09. The fourth-order valence-electron chi connectivity index (χ4n) is 4.81. The number of amides is 2. The van der Waals surface area contributed by atoms with Crippen molar-refractivity contribution < 1.29 is 14.3 Å². The minimum Gasteiger partial charge on any atom is -0.496 e. The van der Waals surface area contributed by atoms with Crippen molar-refractivity contribution >= 4 is 40.0 Å². The number of carbonyl (C=O) groups excluding carboxylic acids is 2. The number of rotatable bonds is 10. The highest BCUT2D eigenvalue weighted by molar-refractivity contribution is 6.33. The smallest absolute Gasteiger partial charge is 0.255 e. The molecular formula is C27H34ClN5O3. The summed E-state index contributed by atoms with van der Waals surface area (Å²) in [5, 5.41) is 7.38. The Morgan fingerprint density at radius 1 is 1.14 bits per heavy atom. The van der Waals surface area contributed by atoms with Gasteiger partial charge in [0.2, 0.25) is 0 Å². The van der Waals surface area contributed by atoms with E-state index < -0.39 is 0 Å². The second-order valence-corrected chi connectivity index (χ2v) is 9.78. The van der Waals surface area contributed by atoms with Crippen LogP contribution in [0.25, 0.3) is 10.9 Å². The predicted octanol–water partition coefficient (Wildman–Crippen LogP) is 3.68. The number of carbonyl (C=O) groups is 2. The van der Waals surface area contributed by atoms with E-state index in [0.717, 1.165) is 55.4 Å². The number of nitrogens with one attached hydrogen (secondary N) is 2. The van der Waals surface area contributed by atoms with Crippen molar-refractivity contribution in [3.05, 3.63) is 58.7 Å². The van der Waals surface area contributed by atoms with Gasteiger partial charge < -0.3 is 30.6 Å². The highest BCUT2D eigenvalue weighted by Crippen LogP contribution is 2.29. The van der Waals surface area contributed by atoms with E-state index in [9.17, 15) is 9.59 Å². The lowest BCUT2D eigenvalue weighted by molar-refractivity contribution is 0.0939. The fraction of sp³-hybridized carbons (Fsp3) is 0.407. The maximum Gasteiger partial charge on any atom is 0.255 e. The molecule has 1 atom stereocenters. The minimum absolute atomic E-state index is 0.0252. The van der Waals surface area contributed by atoms with Crippen molar-refractivity contribution in [2.75, 3.05) is 45.6 Å². The van der Waals surface area contributed by atoms with E-state index in [1.54, 1.807) is 12.1 Å². The van der Waals surface area contributed by atoms with Gasteiger partial charge >= 0.3 is 0 Å². The molecule has 0 bridgehead atoms. The summed E-state index contributed by atoms with van der Waals surface area (Å²) in [5.74, 6) is 0.571. The zero-order chi connectivity index (χ0) is 25.7. The van der Waals surface area contributed by atoms with Crippen LogP contribution in [0.2, 0.25) is 5.02 Å². The van der Waals surface area contributed by atoms with Crippen LogP contribution in [0, 0.1) is 5.92 Å². The van der Waals surface area contributed by atoms with Gasteiger partial charge in [0.25, 0.3) is 11.8 Å². The molecule has 4 rings (SSSR count). The molecule has 2 aromatic carbocycles. The van der Waals surface area contributed by atoms with Crippen LogP contribution in [0.5, 0.6) is 5.75 Å². The van der Waals surface area contributed by atoms with Gasteiger partial charge in [0.15, 0.2) is 0 Å². The third kappa shape index (κ3) is 5.94. The van der Waals surface area contributed by atoms with Crippen LogP contribution in [0.1, 0.15) is 40.0 Å². The Bertz CT molecular complexity index is 1240. The van der Waals surface area contributed by atoms with E-state index in [4.69, 9.17) is 22.1 Å². The Labute approximate surface area is 216 Å². The Balaban J connectivity index is 1.15. The molecule has 3 aromatic rings. The number of ether oxygens (including phenoxy) is 1. The molecule has 0 spiro atoms. The molecule has 1 aromatic heterocycles. The largest absolute Gasteiger partial charge is 0.496 e. The Kier molecular flexibility index (Phi) is 8.38. The third-order valence-electron chi connectivity index (χ3n) is 6.81. The average Bonchev–Trinajstić information content (AvgIpc) is 3.48. The molecule has 1 saturated heterocycles. The van der Waals surface area contributed by atoms with Crippen LogP contribution < -0.4 is 21.1 Å². The number of fused-ring (bicyclic) bond motifs is 1. The second kappa shape index (κ2) is 11.7. The van der Waals surface area contributed by atoms with Crippen molar-refractivity contribution in [2.24, 2.45) is 13.0 Å². The molecule has 36 heavy (non-hydrogen) atoms. The number of unbranched alkanes of at least 4 members (excludes halogenated alkanes) is 1. The maximum atomic E-state index is 12.7. The van der Waals surface area contributed by atoms with Gasteiger partial charge in [-0.25, -0.2) is 0 Å². The number of hydrogen-bond acceptors (Lipinski definition) is 5. The third-order valence-corrected chi connectivity index (χ3v) is 7.14. The number of hydrogen-bond donors (Lipinski definition) is 3. The van der Waals surface area contributed by atoms with Gasteiger partial charge in [-0.2, -0.15) is 0 Å². The number of likely N-dealkylation sites (tertiary alicyclic amines) is 1. The van der Waals surface area contributed by atoms with Crippen molar-refractivity contribution in [3.63, 3.8) is 0 Å². The van der Waals surface area contributed by atoms with Crippen molar-refractivity contribution in [2.45, 2.75) is 19.3 Å². The van der Waals surface area contributed by atoms with Crippen LogP contribution >= 0.6 is 11.6 Å². The Morgan fingerprint density at radius 2 is 1.92 bits per heavy atom. The van der Waals surface area contributed by atoms with Crippen LogP contribution in [0.15, 0.2) is 42.6 Å². The molecule has 1 aliphatic heterocycles. The Morgan fingerprint density at radius 3 is 2.72 bits per heavy atom.